The number of aromatic nitrogens is 5. The summed E-state index contributed by atoms with van der Waals surface area (Å²) < 4.78 is 26.9. The smallest absolute Gasteiger partial charge is 0.233 e. The van der Waals surface area contributed by atoms with E-state index in [0.29, 0.717) is 23.2 Å². The van der Waals surface area contributed by atoms with Crippen LogP contribution in [0.1, 0.15) is 30.0 Å². The van der Waals surface area contributed by atoms with Crippen molar-refractivity contribution in [2.24, 2.45) is 0 Å². The Kier molecular flexibility index (Phi) is 4.55. The van der Waals surface area contributed by atoms with E-state index in [4.69, 9.17) is 0 Å². The molecule has 3 N–H and O–H groups in total. The Hall–Kier alpha value is -3.10. The number of rotatable bonds is 5. The van der Waals surface area contributed by atoms with Crippen LogP contribution in [-0.4, -0.2) is 25.1 Å². The van der Waals surface area contributed by atoms with E-state index in [1.54, 1.807) is 13.8 Å². The second-order valence-electron chi connectivity index (χ2n) is 5.62. The Balaban J connectivity index is 1.80. The van der Waals surface area contributed by atoms with Crippen molar-refractivity contribution in [1.29, 1.82) is 0 Å². The van der Waals surface area contributed by atoms with Crippen molar-refractivity contribution >= 4 is 17.7 Å². The Labute approximate surface area is 142 Å². The second kappa shape index (κ2) is 6.80. The van der Waals surface area contributed by atoms with Crippen molar-refractivity contribution in [3.63, 3.8) is 0 Å². The highest BCUT2D eigenvalue weighted by atomic mass is 19.1. The average molecular weight is 345 g/mol. The predicted octanol–water partition coefficient (Wildman–Crippen LogP) is 3.41. The molecule has 25 heavy (non-hydrogen) atoms. The van der Waals surface area contributed by atoms with E-state index in [2.05, 4.69) is 35.8 Å². The van der Waals surface area contributed by atoms with Gasteiger partial charge in [-0.2, -0.15) is 20.1 Å². The molecule has 1 atom stereocenters. The fraction of sp³-hybridized carbons (Fsp3) is 0.250. The molecule has 0 saturated heterocycles. The maximum Gasteiger partial charge on any atom is 0.233 e. The standard InChI is InChI=1S/C16H17F2N7/c1-8-6-14(25-24-8)22-16-21-10(3)20-15(23-16)19-9(2)12-5-4-11(17)7-13(12)18/h4-7,9H,1-3H3,(H3,19,20,21,22,23,24,25). The molecule has 3 rings (SSSR count). The molecule has 7 nitrogen and oxygen atoms in total. The average Bonchev–Trinajstić information content (AvgIpc) is 2.91. The zero-order chi connectivity index (χ0) is 18.0. The van der Waals surface area contributed by atoms with Gasteiger partial charge in [-0.15, -0.1) is 0 Å². The molecule has 9 heteroatoms. The van der Waals surface area contributed by atoms with Crippen molar-refractivity contribution in [1.82, 2.24) is 25.1 Å². The van der Waals surface area contributed by atoms with Crippen LogP contribution in [0.25, 0.3) is 0 Å². The normalized spacial score (nSPS) is 12.0. The lowest BCUT2D eigenvalue weighted by Crippen LogP contribution is -2.13. The first-order valence-corrected chi connectivity index (χ1v) is 7.64. The van der Waals surface area contributed by atoms with Crippen molar-refractivity contribution in [3.05, 3.63) is 53.0 Å². The van der Waals surface area contributed by atoms with Gasteiger partial charge in [0.25, 0.3) is 0 Å². The monoisotopic (exact) mass is 345 g/mol. The highest BCUT2D eigenvalue weighted by Gasteiger charge is 2.14. The molecule has 2 aromatic heterocycles. The first-order chi connectivity index (χ1) is 11.9. The van der Waals surface area contributed by atoms with Gasteiger partial charge in [0.1, 0.15) is 17.5 Å². The van der Waals surface area contributed by atoms with Gasteiger partial charge in [-0.3, -0.25) is 5.10 Å². The van der Waals surface area contributed by atoms with Crippen LogP contribution in [0, 0.1) is 25.5 Å². The maximum absolute atomic E-state index is 13.9. The number of hydrogen-bond acceptors (Lipinski definition) is 6. The minimum absolute atomic E-state index is 0.276. The Morgan fingerprint density at radius 3 is 2.48 bits per heavy atom. The summed E-state index contributed by atoms with van der Waals surface area (Å²) in [6, 6.07) is 4.80. The van der Waals surface area contributed by atoms with E-state index in [9.17, 15) is 8.78 Å². The molecule has 0 spiro atoms. The molecule has 0 radical (unpaired) electrons. The third kappa shape index (κ3) is 4.06. The fourth-order valence-corrected chi connectivity index (χ4v) is 2.32. The van der Waals surface area contributed by atoms with Crippen LogP contribution in [0.3, 0.4) is 0 Å². The zero-order valence-corrected chi connectivity index (χ0v) is 13.9. The summed E-state index contributed by atoms with van der Waals surface area (Å²) in [7, 11) is 0. The number of anilines is 3. The molecule has 0 amide bonds. The number of aryl methyl sites for hydroxylation is 2. The SMILES string of the molecule is Cc1nc(Nc2cc(C)[nH]n2)nc(NC(C)c2ccc(F)cc2F)n1. The van der Waals surface area contributed by atoms with Gasteiger partial charge in [-0.1, -0.05) is 6.07 Å². The molecule has 1 unspecified atom stereocenters. The van der Waals surface area contributed by atoms with Crippen LogP contribution in [0.5, 0.6) is 0 Å². The minimum atomic E-state index is -0.629. The number of nitrogens with zero attached hydrogens (tertiary/aromatic N) is 4. The summed E-state index contributed by atoms with van der Waals surface area (Å²) >= 11 is 0. The van der Waals surface area contributed by atoms with Crippen LogP contribution in [-0.2, 0) is 0 Å². The molecule has 1 aromatic carbocycles. The first-order valence-electron chi connectivity index (χ1n) is 7.64. The van der Waals surface area contributed by atoms with Gasteiger partial charge in [-0.05, 0) is 26.8 Å². The second-order valence-corrected chi connectivity index (χ2v) is 5.62. The molecule has 0 bridgehead atoms. The lowest BCUT2D eigenvalue weighted by molar-refractivity contribution is 0.566. The van der Waals surface area contributed by atoms with E-state index in [-0.39, 0.29) is 5.95 Å². The number of halogens is 2. The summed E-state index contributed by atoms with van der Waals surface area (Å²) in [5.41, 5.74) is 1.21. The largest absolute Gasteiger partial charge is 0.347 e. The molecule has 0 aliphatic rings. The summed E-state index contributed by atoms with van der Waals surface area (Å²) in [5.74, 6) is 0.402. The lowest BCUT2D eigenvalue weighted by atomic mass is 10.1. The van der Waals surface area contributed by atoms with Gasteiger partial charge in [0.15, 0.2) is 5.82 Å². The van der Waals surface area contributed by atoms with Crippen molar-refractivity contribution in [2.75, 3.05) is 10.6 Å². The molecule has 0 aliphatic carbocycles. The highest BCUT2D eigenvalue weighted by molar-refractivity contribution is 5.49. The third-order valence-electron chi connectivity index (χ3n) is 3.47. The summed E-state index contributed by atoms with van der Waals surface area (Å²) in [6.45, 7) is 5.33. The molecule has 0 saturated carbocycles. The van der Waals surface area contributed by atoms with Gasteiger partial charge < -0.3 is 10.6 Å². The summed E-state index contributed by atoms with van der Waals surface area (Å²) in [6.07, 6.45) is 0. The van der Waals surface area contributed by atoms with E-state index < -0.39 is 17.7 Å². The van der Waals surface area contributed by atoms with E-state index >= 15 is 0 Å². The Morgan fingerprint density at radius 1 is 1.04 bits per heavy atom. The highest BCUT2D eigenvalue weighted by Crippen LogP contribution is 2.21. The Bertz CT molecular complexity index is 894. The maximum atomic E-state index is 13.9. The lowest BCUT2D eigenvalue weighted by Gasteiger charge is -2.15. The zero-order valence-electron chi connectivity index (χ0n) is 13.9. The molecule has 2 heterocycles. The van der Waals surface area contributed by atoms with Gasteiger partial charge in [0.05, 0.1) is 6.04 Å². The fourth-order valence-electron chi connectivity index (χ4n) is 2.32. The van der Waals surface area contributed by atoms with Crippen LogP contribution >= 0.6 is 0 Å². The summed E-state index contributed by atoms with van der Waals surface area (Å²) in [5, 5.41) is 12.8. The molecular formula is C16H17F2N7. The molecule has 130 valence electrons. The van der Waals surface area contributed by atoms with Gasteiger partial charge >= 0.3 is 0 Å². The molecule has 0 aliphatic heterocycles. The topological polar surface area (TPSA) is 91.4 Å². The Morgan fingerprint density at radius 2 is 1.80 bits per heavy atom. The predicted molar refractivity (Wildman–Crippen MR) is 89.6 cm³/mol. The first kappa shape index (κ1) is 16.7. The van der Waals surface area contributed by atoms with Crippen LogP contribution in [0.15, 0.2) is 24.3 Å². The van der Waals surface area contributed by atoms with Gasteiger partial charge in [0.2, 0.25) is 11.9 Å². The van der Waals surface area contributed by atoms with E-state index in [1.807, 2.05) is 13.0 Å². The number of H-pyrrole nitrogens is 1. The van der Waals surface area contributed by atoms with Crippen LogP contribution in [0.2, 0.25) is 0 Å². The van der Waals surface area contributed by atoms with Gasteiger partial charge in [0, 0.05) is 23.4 Å². The van der Waals surface area contributed by atoms with E-state index in [1.165, 1.54) is 12.1 Å². The summed E-state index contributed by atoms with van der Waals surface area (Å²) in [4.78, 5) is 12.6. The van der Waals surface area contributed by atoms with Crippen molar-refractivity contribution < 1.29 is 8.78 Å². The van der Waals surface area contributed by atoms with Crippen molar-refractivity contribution in [3.8, 4) is 0 Å². The molecule has 0 fully saturated rings. The van der Waals surface area contributed by atoms with Crippen molar-refractivity contribution in [2.45, 2.75) is 26.8 Å². The minimum Gasteiger partial charge on any atom is -0.347 e. The van der Waals surface area contributed by atoms with E-state index in [0.717, 1.165) is 11.8 Å². The van der Waals surface area contributed by atoms with Crippen LogP contribution in [0.4, 0.5) is 26.5 Å². The van der Waals surface area contributed by atoms with Gasteiger partial charge in [-0.25, -0.2) is 8.78 Å². The molecular weight excluding hydrogens is 328 g/mol. The number of hydrogen-bond donors (Lipinski definition) is 3. The third-order valence-corrected chi connectivity index (χ3v) is 3.47. The quantitative estimate of drug-likeness (QED) is 0.656. The molecule has 3 aromatic rings. The van der Waals surface area contributed by atoms with Crippen LogP contribution < -0.4 is 10.6 Å². The number of benzene rings is 1. The number of aromatic amines is 1. The number of nitrogens with one attached hydrogen (secondary N) is 3.